The third-order valence-electron chi connectivity index (χ3n) is 4.67. The zero-order chi connectivity index (χ0) is 22.2. The summed E-state index contributed by atoms with van der Waals surface area (Å²) in [7, 11) is 0. The number of nitrogens with one attached hydrogen (secondary N) is 2. The van der Waals surface area contributed by atoms with Crippen LogP contribution in [0.2, 0.25) is 0 Å². The molecule has 0 aliphatic rings. The number of aromatic nitrogens is 1. The third-order valence-corrected chi connectivity index (χ3v) is 4.67. The number of nitrogens with two attached hydrogens (primary N) is 1. The van der Waals surface area contributed by atoms with Gasteiger partial charge in [-0.15, -0.1) is 0 Å². The van der Waals surface area contributed by atoms with Gasteiger partial charge in [0, 0.05) is 29.6 Å². The second-order valence-electron chi connectivity index (χ2n) is 7.41. The average molecular weight is 418 g/mol. The zero-order valence-corrected chi connectivity index (χ0v) is 17.6. The summed E-state index contributed by atoms with van der Waals surface area (Å²) in [6, 6.07) is 17.8. The molecule has 0 atom stereocenters. The smallest absolute Gasteiger partial charge is 0.407 e. The summed E-state index contributed by atoms with van der Waals surface area (Å²) in [5, 5.41) is 5.48. The number of amides is 2. The van der Waals surface area contributed by atoms with E-state index in [2.05, 4.69) is 29.5 Å². The minimum atomic E-state index is -0.519. The minimum absolute atomic E-state index is 0.152. The Morgan fingerprint density at radius 1 is 1.00 bits per heavy atom. The monoisotopic (exact) mass is 418 g/mol. The second-order valence-corrected chi connectivity index (χ2v) is 7.41. The van der Waals surface area contributed by atoms with Gasteiger partial charge in [0.1, 0.15) is 6.61 Å². The molecule has 3 rings (SSSR count). The van der Waals surface area contributed by atoms with Crippen molar-refractivity contribution in [2.45, 2.75) is 32.9 Å². The van der Waals surface area contributed by atoms with Gasteiger partial charge in [0.25, 0.3) is 5.91 Å². The van der Waals surface area contributed by atoms with Crippen LogP contribution < -0.4 is 16.4 Å². The standard InChI is InChI=1S/C24H26N4O3/c1-16(2)21-12-9-18(14-26-21)15-31-24(30)27-13-17-7-10-19(11-8-17)23(29)28-22-6-4-3-5-20(22)25/h3-12,14,16H,13,15,25H2,1-2H3,(H,27,30)(H,28,29). The van der Waals surface area contributed by atoms with Gasteiger partial charge in [0.05, 0.1) is 11.4 Å². The van der Waals surface area contributed by atoms with Crippen LogP contribution in [0.4, 0.5) is 16.2 Å². The highest BCUT2D eigenvalue weighted by molar-refractivity contribution is 6.05. The molecule has 0 saturated carbocycles. The van der Waals surface area contributed by atoms with Gasteiger partial charge in [-0.05, 0) is 41.8 Å². The highest BCUT2D eigenvalue weighted by atomic mass is 16.5. The lowest BCUT2D eigenvalue weighted by molar-refractivity contribution is 0.102. The van der Waals surface area contributed by atoms with Crippen molar-refractivity contribution in [1.29, 1.82) is 0 Å². The molecule has 3 aromatic rings. The van der Waals surface area contributed by atoms with E-state index in [1.807, 2.05) is 12.1 Å². The molecule has 1 heterocycles. The number of ether oxygens (including phenoxy) is 1. The third kappa shape index (κ3) is 6.30. The molecule has 0 unspecified atom stereocenters. The van der Waals surface area contributed by atoms with Crippen LogP contribution in [0.15, 0.2) is 66.9 Å². The molecule has 0 radical (unpaired) electrons. The molecule has 1 aromatic heterocycles. The summed E-state index contributed by atoms with van der Waals surface area (Å²) < 4.78 is 5.22. The van der Waals surface area contributed by atoms with Crippen molar-refractivity contribution >= 4 is 23.4 Å². The van der Waals surface area contributed by atoms with E-state index >= 15 is 0 Å². The van der Waals surface area contributed by atoms with Crippen LogP contribution in [0.3, 0.4) is 0 Å². The zero-order valence-electron chi connectivity index (χ0n) is 17.6. The number of nitrogen functional groups attached to an aromatic ring is 1. The van der Waals surface area contributed by atoms with E-state index in [1.54, 1.807) is 54.7 Å². The normalized spacial score (nSPS) is 10.5. The summed E-state index contributed by atoms with van der Waals surface area (Å²) in [5.74, 6) is 0.0983. The van der Waals surface area contributed by atoms with Crippen LogP contribution in [-0.4, -0.2) is 17.0 Å². The maximum Gasteiger partial charge on any atom is 0.407 e. The first-order chi connectivity index (χ1) is 14.9. The number of pyridine rings is 1. The SMILES string of the molecule is CC(C)c1ccc(COC(=O)NCc2ccc(C(=O)Nc3ccccc3N)cc2)cn1. The molecule has 0 fully saturated rings. The van der Waals surface area contributed by atoms with Crippen molar-refractivity contribution in [3.63, 3.8) is 0 Å². The molecule has 7 heteroatoms. The van der Waals surface area contributed by atoms with Crippen molar-refractivity contribution in [2.24, 2.45) is 0 Å². The van der Waals surface area contributed by atoms with Crippen molar-refractivity contribution < 1.29 is 14.3 Å². The number of alkyl carbamates (subject to hydrolysis) is 1. The number of nitrogens with zero attached hydrogens (tertiary/aromatic N) is 1. The van der Waals surface area contributed by atoms with Gasteiger partial charge in [-0.3, -0.25) is 9.78 Å². The molecule has 0 spiro atoms. The predicted molar refractivity (Wildman–Crippen MR) is 121 cm³/mol. The summed E-state index contributed by atoms with van der Waals surface area (Å²) in [5.41, 5.74) is 10.1. The number of carbonyl (C=O) groups excluding carboxylic acids is 2. The Hall–Kier alpha value is -3.87. The fourth-order valence-electron chi connectivity index (χ4n) is 2.82. The van der Waals surface area contributed by atoms with Gasteiger partial charge in [-0.25, -0.2) is 4.79 Å². The molecular weight excluding hydrogens is 392 g/mol. The lowest BCUT2D eigenvalue weighted by Crippen LogP contribution is -2.23. The molecule has 4 N–H and O–H groups in total. The van der Waals surface area contributed by atoms with E-state index in [4.69, 9.17) is 10.5 Å². The number of para-hydroxylation sites is 2. The van der Waals surface area contributed by atoms with Crippen molar-refractivity contribution in [3.8, 4) is 0 Å². The van der Waals surface area contributed by atoms with E-state index in [0.717, 1.165) is 16.8 Å². The molecule has 31 heavy (non-hydrogen) atoms. The van der Waals surface area contributed by atoms with Crippen LogP contribution in [0.1, 0.15) is 46.9 Å². The summed E-state index contributed by atoms with van der Waals surface area (Å²) in [6.45, 7) is 4.59. The summed E-state index contributed by atoms with van der Waals surface area (Å²) in [4.78, 5) is 28.7. The van der Waals surface area contributed by atoms with Crippen LogP contribution in [0.25, 0.3) is 0 Å². The molecule has 0 aliphatic heterocycles. The fourth-order valence-corrected chi connectivity index (χ4v) is 2.82. The first-order valence-electron chi connectivity index (χ1n) is 10.0. The van der Waals surface area contributed by atoms with E-state index in [-0.39, 0.29) is 19.1 Å². The maximum atomic E-state index is 12.4. The van der Waals surface area contributed by atoms with Crippen LogP contribution in [-0.2, 0) is 17.9 Å². The predicted octanol–water partition coefficient (Wildman–Crippen LogP) is 4.47. The van der Waals surface area contributed by atoms with Crippen LogP contribution in [0.5, 0.6) is 0 Å². The number of hydrogen-bond donors (Lipinski definition) is 3. The number of benzene rings is 2. The molecule has 0 aliphatic carbocycles. The van der Waals surface area contributed by atoms with Gasteiger partial charge in [0.2, 0.25) is 0 Å². The fraction of sp³-hybridized carbons (Fsp3) is 0.208. The number of rotatable bonds is 7. The molecule has 2 aromatic carbocycles. The van der Waals surface area contributed by atoms with Gasteiger partial charge < -0.3 is 21.1 Å². The highest BCUT2D eigenvalue weighted by Crippen LogP contribution is 2.18. The minimum Gasteiger partial charge on any atom is -0.445 e. The van der Waals surface area contributed by atoms with Crippen molar-refractivity contribution in [3.05, 3.63) is 89.2 Å². The largest absolute Gasteiger partial charge is 0.445 e. The quantitative estimate of drug-likeness (QED) is 0.491. The number of hydrogen-bond acceptors (Lipinski definition) is 5. The lowest BCUT2D eigenvalue weighted by Gasteiger charge is -2.10. The average Bonchev–Trinajstić information content (AvgIpc) is 2.78. The topological polar surface area (TPSA) is 106 Å². The van der Waals surface area contributed by atoms with Gasteiger partial charge >= 0.3 is 6.09 Å². The second kappa shape index (κ2) is 10.2. The van der Waals surface area contributed by atoms with E-state index in [9.17, 15) is 9.59 Å². The van der Waals surface area contributed by atoms with Gasteiger partial charge in [0.15, 0.2) is 0 Å². The Bertz CT molecular complexity index is 1030. The van der Waals surface area contributed by atoms with Crippen LogP contribution in [0, 0.1) is 0 Å². The summed E-state index contributed by atoms with van der Waals surface area (Å²) in [6.07, 6.45) is 1.20. The highest BCUT2D eigenvalue weighted by Gasteiger charge is 2.09. The first kappa shape index (κ1) is 21.8. The van der Waals surface area contributed by atoms with E-state index in [1.165, 1.54) is 0 Å². The molecule has 7 nitrogen and oxygen atoms in total. The number of carbonyl (C=O) groups is 2. The van der Waals surface area contributed by atoms with E-state index in [0.29, 0.717) is 22.9 Å². The Morgan fingerprint density at radius 3 is 2.35 bits per heavy atom. The van der Waals surface area contributed by atoms with E-state index < -0.39 is 6.09 Å². The van der Waals surface area contributed by atoms with Gasteiger partial charge in [-0.2, -0.15) is 0 Å². The first-order valence-corrected chi connectivity index (χ1v) is 10.0. The number of anilines is 2. The van der Waals surface area contributed by atoms with Gasteiger partial charge in [-0.1, -0.05) is 44.2 Å². The molecule has 0 bridgehead atoms. The Labute approximate surface area is 181 Å². The molecule has 2 amide bonds. The molecule has 160 valence electrons. The maximum absolute atomic E-state index is 12.4. The lowest BCUT2D eigenvalue weighted by atomic mass is 10.1. The Kier molecular flexibility index (Phi) is 7.22. The molecular formula is C24H26N4O3. The van der Waals surface area contributed by atoms with Crippen LogP contribution >= 0.6 is 0 Å². The Balaban J connectivity index is 1.45. The van der Waals surface area contributed by atoms with Crippen molar-refractivity contribution in [1.82, 2.24) is 10.3 Å². The summed E-state index contributed by atoms with van der Waals surface area (Å²) >= 11 is 0. The molecule has 0 saturated heterocycles. The van der Waals surface area contributed by atoms with Crippen molar-refractivity contribution in [2.75, 3.05) is 11.1 Å². The Morgan fingerprint density at radius 2 is 1.71 bits per heavy atom.